The van der Waals surface area contributed by atoms with Gasteiger partial charge < -0.3 is 23.8 Å². The zero-order valence-corrected chi connectivity index (χ0v) is 19.2. The van der Waals surface area contributed by atoms with E-state index in [-0.39, 0.29) is 17.9 Å². The highest BCUT2D eigenvalue weighted by Crippen LogP contribution is 2.23. The van der Waals surface area contributed by atoms with Crippen molar-refractivity contribution in [2.45, 2.75) is 26.3 Å². The van der Waals surface area contributed by atoms with Crippen molar-refractivity contribution in [3.8, 4) is 17.1 Å². The highest BCUT2D eigenvalue weighted by atomic mass is 16.6. The minimum Gasteiger partial charge on any atom is -0.497 e. The SMILES string of the molecule is CCOC(=O)N1CCN(C(=O)C2CCCN(Cc3nc(-c4ccc(OC)cc4)no3)C2)CC1. The fourth-order valence-electron chi connectivity index (χ4n) is 4.35. The molecular weight excluding hydrogens is 426 g/mol. The number of carbonyl (C=O) groups excluding carboxylic acids is 2. The van der Waals surface area contributed by atoms with Crippen molar-refractivity contribution in [2.75, 3.05) is 53.0 Å². The molecule has 33 heavy (non-hydrogen) atoms. The van der Waals surface area contributed by atoms with Crippen LogP contribution in [0.15, 0.2) is 28.8 Å². The second kappa shape index (κ2) is 10.7. The first kappa shape index (κ1) is 23.0. The molecule has 2 amide bonds. The molecule has 2 aliphatic heterocycles. The van der Waals surface area contributed by atoms with Crippen molar-refractivity contribution < 1.29 is 23.6 Å². The summed E-state index contributed by atoms with van der Waals surface area (Å²) >= 11 is 0. The van der Waals surface area contributed by atoms with E-state index in [0.29, 0.717) is 57.6 Å². The number of hydrogen-bond acceptors (Lipinski definition) is 8. The maximum atomic E-state index is 13.1. The number of carbonyl (C=O) groups is 2. The van der Waals surface area contributed by atoms with Crippen LogP contribution in [0.2, 0.25) is 0 Å². The van der Waals surface area contributed by atoms with Gasteiger partial charge in [0.25, 0.3) is 0 Å². The summed E-state index contributed by atoms with van der Waals surface area (Å²) in [6.45, 7) is 6.33. The van der Waals surface area contributed by atoms with E-state index in [1.165, 1.54) is 0 Å². The number of nitrogens with zero attached hydrogens (tertiary/aromatic N) is 5. The summed E-state index contributed by atoms with van der Waals surface area (Å²) in [6, 6.07) is 7.51. The van der Waals surface area contributed by atoms with Gasteiger partial charge in [0.2, 0.25) is 17.6 Å². The van der Waals surface area contributed by atoms with Crippen LogP contribution < -0.4 is 4.74 Å². The van der Waals surface area contributed by atoms with Gasteiger partial charge in [-0.3, -0.25) is 9.69 Å². The molecule has 0 aliphatic carbocycles. The lowest BCUT2D eigenvalue weighted by molar-refractivity contribution is -0.139. The molecule has 178 valence electrons. The van der Waals surface area contributed by atoms with Gasteiger partial charge >= 0.3 is 6.09 Å². The van der Waals surface area contributed by atoms with Crippen molar-refractivity contribution in [1.29, 1.82) is 0 Å². The second-order valence-electron chi connectivity index (χ2n) is 8.33. The summed E-state index contributed by atoms with van der Waals surface area (Å²) in [4.78, 5) is 35.2. The highest BCUT2D eigenvalue weighted by Gasteiger charge is 2.32. The van der Waals surface area contributed by atoms with Crippen LogP contribution in [0.5, 0.6) is 5.75 Å². The third-order valence-corrected chi connectivity index (χ3v) is 6.15. The van der Waals surface area contributed by atoms with Crippen molar-refractivity contribution >= 4 is 12.0 Å². The number of piperidine rings is 1. The second-order valence-corrected chi connectivity index (χ2v) is 8.33. The summed E-state index contributed by atoms with van der Waals surface area (Å²) in [5, 5.41) is 4.10. The number of benzene rings is 1. The molecule has 1 aromatic carbocycles. The van der Waals surface area contributed by atoms with Crippen molar-refractivity contribution in [2.24, 2.45) is 5.92 Å². The van der Waals surface area contributed by atoms with Crippen molar-refractivity contribution in [3.63, 3.8) is 0 Å². The molecule has 0 N–H and O–H groups in total. The van der Waals surface area contributed by atoms with Crippen molar-refractivity contribution in [3.05, 3.63) is 30.2 Å². The zero-order chi connectivity index (χ0) is 23.2. The van der Waals surface area contributed by atoms with E-state index in [4.69, 9.17) is 14.0 Å². The maximum absolute atomic E-state index is 13.1. The average Bonchev–Trinajstić information content (AvgIpc) is 3.32. The summed E-state index contributed by atoms with van der Waals surface area (Å²) in [5.41, 5.74) is 0.861. The van der Waals surface area contributed by atoms with Crippen LogP contribution in [-0.2, 0) is 16.1 Å². The van der Waals surface area contributed by atoms with Crippen molar-refractivity contribution in [1.82, 2.24) is 24.8 Å². The van der Waals surface area contributed by atoms with Crippen LogP contribution >= 0.6 is 0 Å². The van der Waals surface area contributed by atoms with Gasteiger partial charge in [-0.2, -0.15) is 4.98 Å². The van der Waals surface area contributed by atoms with Gasteiger partial charge in [-0.1, -0.05) is 5.16 Å². The third kappa shape index (κ3) is 5.62. The molecule has 1 atom stereocenters. The Balaban J connectivity index is 1.29. The largest absolute Gasteiger partial charge is 0.497 e. The van der Waals surface area contributed by atoms with E-state index in [1.807, 2.05) is 29.2 Å². The smallest absolute Gasteiger partial charge is 0.409 e. The zero-order valence-electron chi connectivity index (χ0n) is 19.2. The van der Waals surface area contributed by atoms with Crippen LogP contribution in [0.4, 0.5) is 4.79 Å². The topological polar surface area (TPSA) is 101 Å². The monoisotopic (exact) mass is 457 g/mol. The van der Waals surface area contributed by atoms with Gasteiger partial charge in [0.05, 0.1) is 26.2 Å². The molecule has 0 bridgehead atoms. The Morgan fingerprint density at radius 1 is 1.09 bits per heavy atom. The summed E-state index contributed by atoms with van der Waals surface area (Å²) in [7, 11) is 1.63. The Bertz CT molecular complexity index is 939. The van der Waals surface area contributed by atoms with Gasteiger partial charge in [0.1, 0.15) is 5.75 Å². The predicted octanol–water partition coefficient (Wildman–Crippen LogP) is 2.26. The lowest BCUT2D eigenvalue weighted by Gasteiger charge is -2.38. The molecule has 1 unspecified atom stereocenters. The molecule has 4 rings (SSSR count). The number of piperazine rings is 1. The van der Waals surface area contributed by atoms with Gasteiger partial charge in [0, 0.05) is 38.3 Å². The summed E-state index contributed by atoms with van der Waals surface area (Å²) in [5.74, 6) is 1.95. The van der Waals surface area contributed by atoms with Crippen LogP contribution in [0.25, 0.3) is 11.4 Å². The van der Waals surface area contributed by atoms with Gasteiger partial charge in [0.15, 0.2) is 0 Å². The van der Waals surface area contributed by atoms with Crippen LogP contribution in [-0.4, -0.2) is 89.8 Å². The van der Waals surface area contributed by atoms with E-state index >= 15 is 0 Å². The number of likely N-dealkylation sites (tertiary alicyclic amines) is 1. The number of methoxy groups -OCH3 is 1. The van der Waals surface area contributed by atoms with Crippen LogP contribution in [0.1, 0.15) is 25.7 Å². The molecule has 0 spiro atoms. The molecule has 2 fully saturated rings. The molecule has 2 saturated heterocycles. The first-order valence-electron chi connectivity index (χ1n) is 11.5. The van der Waals surface area contributed by atoms with Crippen LogP contribution in [0.3, 0.4) is 0 Å². The Hall–Kier alpha value is -3.14. The number of aromatic nitrogens is 2. The molecule has 1 aromatic heterocycles. The maximum Gasteiger partial charge on any atom is 0.409 e. The van der Waals surface area contributed by atoms with E-state index in [1.54, 1.807) is 18.9 Å². The number of amides is 2. The molecule has 3 heterocycles. The predicted molar refractivity (Wildman–Crippen MR) is 119 cm³/mol. The minimum absolute atomic E-state index is 0.0585. The molecule has 10 nitrogen and oxygen atoms in total. The number of ether oxygens (including phenoxy) is 2. The minimum atomic E-state index is -0.304. The average molecular weight is 458 g/mol. The lowest BCUT2D eigenvalue weighted by atomic mass is 9.96. The molecule has 10 heteroatoms. The van der Waals surface area contributed by atoms with E-state index in [2.05, 4.69) is 15.0 Å². The van der Waals surface area contributed by atoms with Gasteiger partial charge in [-0.05, 0) is 50.6 Å². The fraction of sp³-hybridized carbons (Fsp3) is 0.565. The Morgan fingerprint density at radius 3 is 2.52 bits per heavy atom. The molecule has 0 saturated carbocycles. The normalized spacial score (nSPS) is 19.4. The molecule has 0 radical (unpaired) electrons. The Kier molecular flexibility index (Phi) is 7.43. The summed E-state index contributed by atoms with van der Waals surface area (Å²) < 4.78 is 15.7. The van der Waals surface area contributed by atoms with E-state index in [9.17, 15) is 9.59 Å². The quantitative estimate of drug-likeness (QED) is 0.651. The summed E-state index contributed by atoms with van der Waals surface area (Å²) in [6.07, 6.45) is 1.51. The van der Waals surface area contributed by atoms with E-state index in [0.717, 1.165) is 30.7 Å². The van der Waals surface area contributed by atoms with Gasteiger partial charge in [-0.15, -0.1) is 0 Å². The Labute approximate surface area is 193 Å². The molecule has 2 aromatic rings. The van der Waals surface area contributed by atoms with Gasteiger partial charge in [-0.25, -0.2) is 4.79 Å². The fourth-order valence-corrected chi connectivity index (χ4v) is 4.35. The highest BCUT2D eigenvalue weighted by molar-refractivity contribution is 5.79. The molecular formula is C23H31N5O5. The van der Waals surface area contributed by atoms with E-state index < -0.39 is 0 Å². The molecule has 2 aliphatic rings. The number of hydrogen-bond donors (Lipinski definition) is 0. The standard InChI is InChI=1S/C23H31N5O5/c1-3-32-23(30)28-13-11-27(12-14-28)22(29)18-5-4-10-26(15-18)16-20-24-21(25-33-20)17-6-8-19(31-2)9-7-17/h6-9,18H,3-5,10-16H2,1-2H3. The Morgan fingerprint density at radius 2 is 1.82 bits per heavy atom. The van der Waals surface area contributed by atoms with Crippen LogP contribution in [0, 0.1) is 5.92 Å². The lowest BCUT2D eigenvalue weighted by Crippen LogP contribution is -2.53. The first-order valence-corrected chi connectivity index (χ1v) is 11.5. The third-order valence-electron chi connectivity index (χ3n) is 6.15. The first-order chi connectivity index (χ1) is 16.1. The number of rotatable bonds is 6.